The minimum Gasteiger partial charge on any atom is -0.491 e. The number of carbonyl (C=O) groups is 1. The normalized spacial score (nSPS) is 16.9. The molecule has 0 saturated carbocycles. The molecule has 8 heteroatoms. The summed E-state index contributed by atoms with van der Waals surface area (Å²) in [6.45, 7) is 4.81. The zero-order valence-electron chi connectivity index (χ0n) is 18.1. The summed E-state index contributed by atoms with van der Waals surface area (Å²) in [5.41, 5.74) is 1.17. The molecule has 0 bridgehead atoms. The minimum absolute atomic E-state index is 0.0552. The second kappa shape index (κ2) is 11.8. The molecule has 1 aliphatic heterocycles. The number of hydrogen-bond donors (Lipinski definition) is 1. The van der Waals surface area contributed by atoms with E-state index in [2.05, 4.69) is 18.4 Å². The van der Waals surface area contributed by atoms with Crippen LogP contribution in [-0.4, -0.2) is 73.4 Å². The number of aliphatic hydroxyl groups excluding tert-OH is 1. The monoisotopic (exact) mass is 466 g/mol. The van der Waals surface area contributed by atoms with Crippen LogP contribution < -0.4 is 4.74 Å². The number of fused-ring (bicyclic) bond motifs is 1. The third-order valence-electron chi connectivity index (χ3n) is 5.36. The first-order chi connectivity index (χ1) is 15.0. The number of hydrogen-bond acceptors (Lipinski definition) is 6. The van der Waals surface area contributed by atoms with E-state index >= 15 is 0 Å². The maximum Gasteiger partial charge on any atom is 0.237 e. The van der Waals surface area contributed by atoms with E-state index < -0.39 is 6.10 Å². The van der Waals surface area contributed by atoms with Gasteiger partial charge in [-0.15, -0.1) is 11.3 Å². The summed E-state index contributed by atoms with van der Waals surface area (Å²) in [4.78, 5) is 18.6. The Morgan fingerprint density at radius 2 is 2.13 bits per heavy atom. The van der Waals surface area contributed by atoms with Crippen molar-refractivity contribution >= 4 is 28.8 Å². The number of rotatable bonds is 11. The molecule has 6 nitrogen and oxygen atoms in total. The molecule has 0 fully saturated rings. The zero-order chi connectivity index (χ0) is 22.2. The molecule has 1 aromatic heterocycles. The second-order valence-electron chi connectivity index (χ2n) is 7.76. The lowest BCUT2D eigenvalue weighted by Gasteiger charge is -2.37. The van der Waals surface area contributed by atoms with Gasteiger partial charge in [-0.25, -0.2) is 0 Å². The number of benzene rings is 1. The van der Waals surface area contributed by atoms with Crippen LogP contribution >= 0.6 is 22.9 Å². The highest BCUT2D eigenvalue weighted by Gasteiger charge is 2.33. The van der Waals surface area contributed by atoms with E-state index in [9.17, 15) is 9.90 Å². The quantitative estimate of drug-likeness (QED) is 0.548. The van der Waals surface area contributed by atoms with E-state index in [1.165, 1.54) is 10.4 Å². The molecule has 1 amide bonds. The van der Waals surface area contributed by atoms with Crippen molar-refractivity contribution in [1.29, 1.82) is 0 Å². The van der Waals surface area contributed by atoms with Gasteiger partial charge >= 0.3 is 0 Å². The number of methoxy groups -OCH3 is 1. The van der Waals surface area contributed by atoms with Gasteiger partial charge in [0.2, 0.25) is 5.91 Å². The summed E-state index contributed by atoms with van der Waals surface area (Å²) in [6, 6.07) is 9.24. The van der Waals surface area contributed by atoms with Gasteiger partial charge in [-0.1, -0.05) is 18.5 Å². The maximum atomic E-state index is 13.3. The molecule has 31 heavy (non-hydrogen) atoms. The fraction of sp³-hybridized carbons (Fsp3) is 0.522. The Hall–Kier alpha value is -1.64. The summed E-state index contributed by atoms with van der Waals surface area (Å²) in [5.74, 6) is 0.786. The molecule has 1 N–H and O–H groups in total. The van der Waals surface area contributed by atoms with E-state index in [4.69, 9.17) is 21.1 Å². The molecule has 2 aromatic rings. The summed E-state index contributed by atoms with van der Waals surface area (Å²) in [5, 5.41) is 12.9. The largest absolute Gasteiger partial charge is 0.491 e. The predicted molar refractivity (Wildman–Crippen MR) is 124 cm³/mol. The molecule has 0 radical (unpaired) electrons. The highest BCUT2D eigenvalue weighted by atomic mass is 35.5. The average molecular weight is 467 g/mol. The molecular formula is C23H31ClN2O4S. The van der Waals surface area contributed by atoms with Gasteiger partial charge in [0.25, 0.3) is 0 Å². The Morgan fingerprint density at radius 1 is 1.35 bits per heavy atom. The van der Waals surface area contributed by atoms with Crippen molar-refractivity contribution < 1.29 is 19.4 Å². The fourth-order valence-corrected chi connectivity index (χ4v) is 5.01. The number of amides is 1. The molecule has 0 saturated heterocycles. The number of aliphatic hydroxyl groups is 1. The van der Waals surface area contributed by atoms with Gasteiger partial charge in [0.05, 0.1) is 25.3 Å². The van der Waals surface area contributed by atoms with Gasteiger partial charge in [0.15, 0.2) is 0 Å². The van der Waals surface area contributed by atoms with Crippen molar-refractivity contribution in [3.8, 4) is 5.75 Å². The first kappa shape index (κ1) is 24.0. The van der Waals surface area contributed by atoms with Crippen LogP contribution in [0, 0.1) is 0 Å². The Morgan fingerprint density at radius 3 is 2.84 bits per heavy atom. The maximum absolute atomic E-state index is 13.3. The lowest BCUT2D eigenvalue weighted by Crippen LogP contribution is -2.48. The summed E-state index contributed by atoms with van der Waals surface area (Å²) in [7, 11) is 1.57. The van der Waals surface area contributed by atoms with Gasteiger partial charge in [-0.3, -0.25) is 9.69 Å². The van der Waals surface area contributed by atoms with Crippen molar-refractivity contribution in [3.05, 3.63) is 51.2 Å². The molecule has 0 aliphatic carbocycles. The van der Waals surface area contributed by atoms with Crippen LogP contribution in [-0.2, 0) is 16.0 Å². The topological polar surface area (TPSA) is 62.2 Å². The Bertz CT molecular complexity index is 829. The summed E-state index contributed by atoms with van der Waals surface area (Å²) in [6.07, 6.45) is 1.15. The van der Waals surface area contributed by atoms with Crippen LogP contribution in [0.1, 0.15) is 29.8 Å². The minimum atomic E-state index is -0.613. The third-order valence-corrected chi connectivity index (χ3v) is 6.61. The number of ether oxygens (including phenoxy) is 2. The Kier molecular flexibility index (Phi) is 9.16. The van der Waals surface area contributed by atoms with E-state index in [-0.39, 0.29) is 25.1 Å². The van der Waals surface area contributed by atoms with Crippen molar-refractivity contribution in [1.82, 2.24) is 9.80 Å². The molecule has 170 valence electrons. The standard InChI is InChI=1S/C23H31ClN2O4S/c1-3-10-25(13-18(27)15-29-2)14-23(28)26-11-8-22-20(9-12-31-22)21(26)16-30-19-6-4-17(24)5-7-19/h4-7,9,12,18,21,27H,3,8,10-11,13-16H2,1-2H3/t18-,21-/m1/s1. The van der Waals surface area contributed by atoms with E-state index in [0.717, 1.165) is 25.1 Å². The second-order valence-corrected chi connectivity index (χ2v) is 9.20. The lowest BCUT2D eigenvalue weighted by molar-refractivity contribution is -0.136. The number of halogens is 1. The third kappa shape index (κ3) is 6.67. The van der Waals surface area contributed by atoms with Crippen molar-refractivity contribution in [2.75, 3.05) is 46.5 Å². The number of thiophene rings is 1. The lowest BCUT2D eigenvalue weighted by atomic mass is 10.0. The number of carbonyl (C=O) groups excluding carboxylic acids is 1. The van der Waals surface area contributed by atoms with Crippen LogP contribution in [0.3, 0.4) is 0 Å². The molecular weight excluding hydrogens is 436 g/mol. The zero-order valence-corrected chi connectivity index (χ0v) is 19.7. The van der Waals surface area contributed by atoms with Gasteiger partial charge < -0.3 is 19.5 Å². The fourth-order valence-electron chi connectivity index (χ4n) is 3.96. The van der Waals surface area contributed by atoms with Crippen LogP contribution in [0.15, 0.2) is 35.7 Å². The Labute approximate surface area is 193 Å². The van der Waals surface area contributed by atoms with Crippen LogP contribution in [0.2, 0.25) is 5.02 Å². The molecule has 2 atom stereocenters. The van der Waals surface area contributed by atoms with E-state index in [0.29, 0.717) is 24.7 Å². The molecule has 3 rings (SSSR count). The van der Waals surface area contributed by atoms with Crippen molar-refractivity contribution in [2.45, 2.75) is 31.9 Å². The van der Waals surface area contributed by atoms with Crippen LogP contribution in [0.25, 0.3) is 0 Å². The molecule has 0 unspecified atom stereocenters. The predicted octanol–water partition coefficient (Wildman–Crippen LogP) is 3.63. The van der Waals surface area contributed by atoms with E-state index in [1.54, 1.807) is 30.6 Å². The first-order valence-corrected chi connectivity index (χ1v) is 11.9. The highest BCUT2D eigenvalue weighted by Crippen LogP contribution is 2.34. The number of nitrogens with zero attached hydrogens (tertiary/aromatic N) is 2. The van der Waals surface area contributed by atoms with Crippen LogP contribution in [0.4, 0.5) is 0 Å². The van der Waals surface area contributed by atoms with Crippen molar-refractivity contribution in [3.63, 3.8) is 0 Å². The highest BCUT2D eigenvalue weighted by molar-refractivity contribution is 7.10. The van der Waals surface area contributed by atoms with Gasteiger partial charge in [-0.2, -0.15) is 0 Å². The average Bonchev–Trinajstić information content (AvgIpc) is 3.22. The van der Waals surface area contributed by atoms with Gasteiger partial charge in [-0.05, 0) is 60.7 Å². The molecule has 1 aromatic carbocycles. The van der Waals surface area contributed by atoms with E-state index in [1.807, 2.05) is 21.9 Å². The molecule has 2 heterocycles. The SMILES string of the molecule is CCCN(CC(=O)N1CCc2sccc2[C@H]1COc1ccc(Cl)cc1)C[C@@H](O)COC. The Balaban J connectivity index is 1.70. The van der Waals surface area contributed by atoms with Crippen LogP contribution in [0.5, 0.6) is 5.75 Å². The molecule has 0 spiro atoms. The van der Waals surface area contributed by atoms with Gasteiger partial charge in [0.1, 0.15) is 12.4 Å². The molecule has 1 aliphatic rings. The summed E-state index contributed by atoms with van der Waals surface area (Å²) < 4.78 is 11.1. The van der Waals surface area contributed by atoms with Crippen molar-refractivity contribution in [2.24, 2.45) is 0 Å². The smallest absolute Gasteiger partial charge is 0.237 e. The van der Waals surface area contributed by atoms with Gasteiger partial charge in [0, 0.05) is 30.1 Å². The summed E-state index contributed by atoms with van der Waals surface area (Å²) >= 11 is 7.70. The first-order valence-electron chi connectivity index (χ1n) is 10.6.